The number of para-hydroxylation sites is 1. The van der Waals surface area contributed by atoms with Crippen LogP contribution in [-0.4, -0.2) is 26.8 Å². The lowest BCUT2D eigenvalue weighted by atomic mass is 10.2. The van der Waals surface area contributed by atoms with Crippen molar-refractivity contribution in [3.05, 3.63) is 41.9 Å². The molecule has 1 heterocycles. The fourth-order valence-electron chi connectivity index (χ4n) is 1.81. The van der Waals surface area contributed by atoms with Gasteiger partial charge in [0.15, 0.2) is 11.4 Å². The molecule has 0 saturated carbocycles. The van der Waals surface area contributed by atoms with Crippen molar-refractivity contribution in [2.24, 2.45) is 0 Å². The molecule has 102 valence electrons. The minimum atomic E-state index is -0.321. The van der Waals surface area contributed by atoms with Gasteiger partial charge in [-0.25, -0.2) is 4.39 Å². The van der Waals surface area contributed by atoms with Crippen molar-refractivity contribution < 1.29 is 13.5 Å². The van der Waals surface area contributed by atoms with E-state index in [4.69, 9.17) is 9.15 Å². The number of ether oxygens (including phenoxy) is 1. The average molecular weight is 263 g/mol. The van der Waals surface area contributed by atoms with Crippen molar-refractivity contribution in [1.82, 2.24) is 5.32 Å². The molecule has 0 aliphatic rings. The van der Waals surface area contributed by atoms with Crippen molar-refractivity contribution >= 4 is 17.0 Å². The van der Waals surface area contributed by atoms with Crippen LogP contribution in [-0.2, 0) is 4.74 Å². The summed E-state index contributed by atoms with van der Waals surface area (Å²) in [7, 11) is 1.68. The molecule has 4 heteroatoms. The number of hydrogen-bond donors (Lipinski definition) is 1. The summed E-state index contributed by atoms with van der Waals surface area (Å²) in [5.74, 6) is 0.357. The van der Waals surface area contributed by atoms with Crippen LogP contribution in [0.15, 0.2) is 34.8 Å². The highest BCUT2D eigenvalue weighted by molar-refractivity contribution is 5.80. The van der Waals surface area contributed by atoms with Gasteiger partial charge in [-0.05, 0) is 31.2 Å². The van der Waals surface area contributed by atoms with E-state index in [1.807, 2.05) is 24.3 Å². The molecule has 3 nitrogen and oxygen atoms in total. The predicted molar refractivity (Wildman–Crippen MR) is 74.6 cm³/mol. The third-order valence-corrected chi connectivity index (χ3v) is 2.77. The first-order valence-electron chi connectivity index (χ1n) is 6.35. The van der Waals surface area contributed by atoms with E-state index in [-0.39, 0.29) is 5.82 Å². The largest absolute Gasteiger partial charge is 0.454 e. The Bertz CT molecular complexity index is 548. The van der Waals surface area contributed by atoms with Crippen molar-refractivity contribution in [3.63, 3.8) is 0 Å². The van der Waals surface area contributed by atoms with Gasteiger partial charge in [-0.15, -0.1) is 0 Å². The zero-order valence-corrected chi connectivity index (χ0v) is 11.0. The van der Waals surface area contributed by atoms with Gasteiger partial charge in [-0.1, -0.05) is 18.2 Å². The highest BCUT2D eigenvalue weighted by Crippen LogP contribution is 2.22. The second-order valence-corrected chi connectivity index (χ2v) is 4.24. The fraction of sp³-hybridized carbons (Fsp3) is 0.333. The maximum absolute atomic E-state index is 13.4. The molecule has 0 radical (unpaired) electrons. The average Bonchev–Trinajstić information content (AvgIpc) is 2.82. The summed E-state index contributed by atoms with van der Waals surface area (Å²) < 4.78 is 23.8. The van der Waals surface area contributed by atoms with Gasteiger partial charge >= 0.3 is 0 Å². The molecule has 0 amide bonds. The lowest BCUT2D eigenvalue weighted by Crippen LogP contribution is -2.19. The van der Waals surface area contributed by atoms with Crippen LogP contribution in [0.5, 0.6) is 0 Å². The Balaban J connectivity index is 1.85. The highest BCUT2D eigenvalue weighted by atomic mass is 19.1. The molecule has 2 aromatic rings. The number of hydrogen-bond acceptors (Lipinski definition) is 3. The number of halogens is 1. The molecular weight excluding hydrogens is 245 g/mol. The Hall–Kier alpha value is -1.65. The van der Waals surface area contributed by atoms with Crippen LogP contribution in [0.3, 0.4) is 0 Å². The smallest absolute Gasteiger partial charge is 0.170 e. The van der Waals surface area contributed by atoms with Crippen LogP contribution in [0.2, 0.25) is 0 Å². The molecule has 0 aliphatic carbocycles. The standard InChI is InChI=1S/C15H18FNO2/c1-18-10-9-17-8-3-2-6-13-11-12-5-4-7-14(16)15(12)19-13/h2,4-7,11,17H,3,8-10H2,1H3/b6-2+. The molecule has 0 bridgehead atoms. The van der Waals surface area contributed by atoms with Crippen molar-refractivity contribution in [2.45, 2.75) is 6.42 Å². The van der Waals surface area contributed by atoms with Crippen LogP contribution >= 0.6 is 0 Å². The van der Waals surface area contributed by atoms with E-state index < -0.39 is 0 Å². The zero-order chi connectivity index (χ0) is 13.5. The molecule has 0 aliphatic heterocycles. The van der Waals surface area contributed by atoms with E-state index in [1.54, 1.807) is 13.2 Å². The maximum atomic E-state index is 13.4. The minimum absolute atomic E-state index is 0.320. The van der Waals surface area contributed by atoms with Crippen LogP contribution in [0.25, 0.3) is 17.0 Å². The topological polar surface area (TPSA) is 34.4 Å². The molecule has 0 saturated heterocycles. The molecule has 0 atom stereocenters. The number of nitrogens with one attached hydrogen (secondary N) is 1. The van der Waals surface area contributed by atoms with E-state index in [9.17, 15) is 4.39 Å². The number of furan rings is 1. The van der Waals surface area contributed by atoms with E-state index in [0.717, 1.165) is 24.9 Å². The minimum Gasteiger partial charge on any atom is -0.454 e. The first kappa shape index (κ1) is 13.8. The van der Waals surface area contributed by atoms with E-state index in [1.165, 1.54) is 6.07 Å². The third-order valence-electron chi connectivity index (χ3n) is 2.77. The first-order valence-corrected chi connectivity index (χ1v) is 6.35. The molecule has 0 spiro atoms. The summed E-state index contributed by atoms with van der Waals surface area (Å²) in [6, 6.07) is 6.76. The monoisotopic (exact) mass is 263 g/mol. The second kappa shape index (κ2) is 7.07. The quantitative estimate of drug-likeness (QED) is 0.779. The summed E-state index contributed by atoms with van der Waals surface area (Å²) in [6.07, 6.45) is 4.77. The van der Waals surface area contributed by atoms with Crippen LogP contribution in [0, 0.1) is 5.82 Å². The highest BCUT2D eigenvalue weighted by Gasteiger charge is 2.05. The van der Waals surface area contributed by atoms with E-state index >= 15 is 0 Å². The normalized spacial score (nSPS) is 11.7. The number of methoxy groups -OCH3 is 1. The van der Waals surface area contributed by atoms with E-state index in [0.29, 0.717) is 18.0 Å². The van der Waals surface area contributed by atoms with Gasteiger partial charge in [0.2, 0.25) is 0 Å². The summed E-state index contributed by atoms with van der Waals surface area (Å²) in [5.41, 5.74) is 0.320. The van der Waals surface area contributed by atoms with Crippen molar-refractivity contribution in [1.29, 1.82) is 0 Å². The molecule has 1 aromatic heterocycles. The van der Waals surface area contributed by atoms with Gasteiger partial charge in [0.05, 0.1) is 6.61 Å². The zero-order valence-electron chi connectivity index (χ0n) is 11.0. The Kier molecular flexibility index (Phi) is 5.12. The van der Waals surface area contributed by atoms with Crippen molar-refractivity contribution in [3.8, 4) is 0 Å². The van der Waals surface area contributed by atoms with Gasteiger partial charge in [0.1, 0.15) is 5.76 Å². The Morgan fingerprint density at radius 3 is 3.05 bits per heavy atom. The van der Waals surface area contributed by atoms with Crippen LogP contribution in [0.1, 0.15) is 12.2 Å². The maximum Gasteiger partial charge on any atom is 0.170 e. The van der Waals surface area contributed by atoms with Crippen LogP contribution in [0.4, 0.5) is 4.39 Å². The van der Waals surface area contributed by atoms with Crippen molar-refractivity contribution in [2.75, 3.05) is 26.8 Å². The fourth-order valence-corrected chi connectivity index (χ4v) is 1.81. The summed E-state index contributed by atoms with van der Waals surface area (Å²) in [6.45, 7) is 2.45. The number of rotatable bonds is 7. The van der Waals surface area contributed by atoms with Crippen LogP contribution < -0.4 is 5.32 Å². The Morgan fingerprint density at radius 2 is 2.26 bits per heavy atom. The number of benzene rings is 1. The SMILES string of the molecule is COCCNCC/C=C/c1cc2cccc(F)c2o1. The molecule has 0 fully saturated rings. The lowest BCUT2D eigenvalue weighted by Gasteiger charge is -2.00. The molecular formula is C15H18FNO2. The summed E-state index contributed by atoms with van der Waals surface area (Å²) in [5, 5.41) is 4.03. The first-order chi connectivity index (χ1) is 9.31. The van der Waals surface area contributed by atoms with Gasteiger partial charge in [0, 0.05) is 19.0 Å². The van der Waals surface area contributed by atoms with Gasteiger partial charge in [-0.2, -0.15) is 0 Å². The van der Waals surface area contributed by atoms with Gasteiger partial charge in [0.25, 0.3) is 0 Å². The molecule has 2 rings (SSSR count). The second-order valence-electron chi connectivity index (χ2n) is 4.24. The van der Waals surface area contributed by atoms with Gasteiger partial charge in [-0.3, -0.25) is 0 Å². The third kappa shape index (κ3) is 3.91. The molecule has 1 N–H and O–H groups in total. The predicted octanol–water partition coefficient (Wildman–Crippen LogP) is 3.21. The molecule has 19 heavy (non-hydrogen) atoms. The number of fused-ring (bicyclic) bond motifs is 1. The molecule has 0 unspecified atom stereocenters. The lowest BCUT2D eigenvalue weighted by molar-refractivity contribution is 0.199. The Labute approximate surface area is 112 Å². The van der Waals surface area contributed by atoms with E-state index in [2.05, 4.69) is 5.32 Å². The van der Waals surface area contributed by atoms with Gasteiger partial charge < -0.3 is 14.5 Å². The summed E-state index contributed by atoms with van der Waals surface area (Å²) >= 11 is 0. The summed E-state index contributed by atoms with van der Waals surface area (Å²) in [4.78, 5) is 0. The molecule has 1 aromatic carbocycles. The Morgan fingerprint density at radius 1 is 1.37 bits per heavy atom.